The van der Waals surface area contributed by atoms with Crippen molar-refractivity contribution in [3.8, 4) is 11.8 Å². The van der Waals surface area contributed by atoms with E-state index in [1.807, 2.05) is 12.1 Å². The highest BCUT2D eigenvalue weighted by Gasteiger charge is 2.48. The molecular formula is C18H22N4O3. The van der Waals surface area contributed by atoms with Crippen LogP contribution < -0.4 is 15.4 Å². The lowest BCUT2D eigenvalue weighted by atomic mass is 9.80. The molecule has 2 saturated heterocycles. The summed E-state index contributed by atoms with van der Waals surface area (Å²) in [6, 6.07) is 8.87. The van der Waals surface area contributed by atoms with E-state index < -0.39 is 11.6 Å². The van der Waals surface area contributed by atoms with Crippen LogP contribution in [0.25, 0.3) is 0 Å². The molecule has 2 heterocycles. The van der Waals surface area contributed by atoms with Gasteiger partial charge in [0.1, 0.15) is 24.0 Å². The third-order valence-electron chi connectivity index (χ3n) is 5.07. The predicted octanol–water partition coefficient (Wildman–Crippen LogP) is 1.25. The molecule has 1 aromatic carbocycles. The maximum absolute atomic E-state index is 12.1. The number of nitrogens with zero attached hydrogens (tertiary/aromatic N) is 2. The molecule has 0 bridgehead atoms. The number of nitrogens with one attached hydrogen (secondary N) is 2. The van der Waals surface area contributed by atoms with E-state index in [0.717, 1.165) is 25.9 Å². The number of amides is 3. The van der Waals surface area contributed by atoms with E-state index in [9.17, 15) is 9.59 Å². The summed E-state index contributed by atoms with van der Waals surface area (Å²) in [4.78, 5) is 25.8. The Morgan fingerprint density at radius 2 is 2.20 bits per heavy atom. The molecule has 2 fully saturated rings. The van der Waals surface area contributed by atoms with Crippen LogP contribution in [0.2, 0.25) is 0 Å². The Balaban J connectivity index is 1.55. The zero-order chi connectivity index (χ0) is 17.9. The first kappa shape index (κ1) is 17.2. The first-order valence-electron chi connectivity index (χ1n) is 8.51. The summed E-state index contributed by atoms with van der Waals surface area (Å²) in [7, 11) is 0. The second kappa shape index (κ2) is 7.11. The minimum absolute atomic E-state index is 0.0686. The van der Waals surface area contributed by atoms with E-state index in [1.54, 1.807) is 19.1 Å². The number of carbonyl (C=O) groups excluding carboxylic acids is 2. The Labute approximate surface area is 146 Å². The molecule has 2 atom stereocenters. The number of imide groups is 1. The van der Waals surface area contributed by atoms with Gasteiger partial charge in [-0.15, -0.1) is 0 Å². The van der Waals surface area contributed by atoms with Gasteiger partial charge in [-0.3, -0.25) is 15.0 Å². The lowest BCUT2D eigenvalue weighted by Gasteiger charge is -2.39. The van der Waals surface area contributed by atoms with Gasteiger partial charge in [-0.05, 0) is 38.4 Å². The molecular weight excluding hydrogens is 320 g/mol. The van der Waals surface area contributed by atoms with Gasteiger partial charge in [-0.1, -0.05) is 12.1 Å². The number of benzene rings is 1. The third-order valence-corrected chi connectivity index (χ3v) is 5.07. The highest BCUT2D eigenvalue weighted by molar-refractivity contribution is 6.06. The molecule has 0 saturated carbocycles. The normalized spacial score (nSPS) is 26.6. The van der Waals surface area contributed by atoms with Gasteiger partial charge in [-0.25, -0.2) is 4.79 Å². The summed E-state index contributed by atoms with van der Waals surface area (Å²) in [6.45, 7) is 4.64. The minimum Gasteiger partial charge on any atom is -0.491 e. The van der Waals surface area contributed by atoms with Gasteiger partial charge in [0.05, 0.1) is 5.56 Å². The standard InChI is InChI=1S/C18H22N4O3/c1-18(16(23)20-17(24)21-18)14-6-4-8-22(12-14)9-10-25-15-7-3-2-5-13(15)11-19/h2-3,5,7,14H,4,6,8-10,12H2,1H3,(H2,20,21,23,24). The molecule has 132 valence electrons. The topological polar surface area (TPSA) is 94.5 Å². The number of ether oxygens (including phenoxy) is 1. The van der Waals surface area contributed by atoms with Crippen molar-refractivity contribution in [1.82, 2.24) is 15.5 Å². The largest absolute Gasteiger partial charge is 0.491 e. The zero-order valence-electron chi connectivity index (χ0n) is 14.2. The van der Waals surface area contributed by atoms with Gasteiger partial charge in [0.2, 0.25) is 0 Å². The molecule has 7 nitrogen and oxygen atoms in total. The molecule has 2 aliphatic rings. The van der Waals surface area contributed by atoms with Crippen LogP contribution in [0.1, 0.15) is 25.3 Å². The van der Waals surface area contributed by atoms with Crippen molar-refractivity contribution in [1.29, 1.82) is 5.26 Å². The fourth-order valence-corrected chi connectivity index (χ4v) is 3.54. The molecule has 2 unspecified atom stereocenters. The molecule has 3 rings (SSSR count). The van der Waals surface area contributed by atoms with Gasteiger partial charge in [0.15, 0.2) is 0 Å². The summed E-state index contributed by atoms with van der Waals surface area (Å²) >= 11 is 0. The van der Waals surface area contributed by atoms with E-state index in [0.29, 0.717) is 24.5 Å². The van der Waals surface area contributed by atoms with E-state index in [4.69, 9.17) is 10.00 Å². The van der Waals surface area contributed by atoms with Crippen LogP contribution in [0.15, 0.2) is 24.3 Å². The van der Waals surface area contributed by atoms with Crippen LogP contribution in [0.3, 0.4) is 0 Å². The number of hydrogen-bond donors (Lipinski definition) is 2. The summed E-state index contributed by atoms with van der Waals surface area (Å²) < 4.78 is 5.74. The number of rotatable bonds is 5. The molecule has 2 aliphatic heterocycles. The first-order valence-corrected chi connectivity index (χ1v) is 8.51. The van der Waals surface area contributed by atoms with E-state index in [-0.39, 0.29) is 11.8 Å². The fourth-order valence-electron chi connectivity index (χ4n) is 3.54. The number of likely N-dealkylation sites (tertiary alicyclic amines) is 1. The van der Waals surface area contributed by atoms with Crippen molar-refractivity contribution in [3.05, 3.63) is 29.8 Å². The smallest absolute Gasteiger partial charge is 0.322 e. The Kier molecular flexibility index (Phi) is 4.91. The van der Waals surface area contributed by atoms with Crippen LogP contribution in [0, 0.1) is 17.2 Å². The molecule has 3 amide bonds. The van der Waals surface area contributed by atoms with Crippen molar-refractivity contribution in [2.75, 3.05) is 26.2 Å². The van der Waals surface area contributed by atoms with Crippen molar-refractivity contribution < 1.29 is 14.3 Å². The summed E-state index contributed by atoms with van der Waals surface area (Å²) in [5.74, 6) is 0.413. The predicted molar refractivity (Wildman–Crippen MR) is 90.9 cm³/mol. The number of urea groups is 1. The molecule has 0 spiro atoms. The van der Waals surface area contributed by atoms with Gasteiger partial charge in [-0.2, -0.15) is 5.26 Å². The second-order valence-electron chi connectivity index (χ2n) is 6.71. The van der Waals surface area contributed by atoms with Crippen molar-refractivity contribution >= 4 is 11.9 Å². The Morgan fingerprint density at radius 1 is 1.40 bits per heavy atom. The van der Waals surface area contributed by atoms with Gasteiger partial charge >= 0.3 is 6.03 Å². The van der Waals surface area contributed by atoms with Crippen molar-refractivity contribution in [2.45, 2.75) is 25.3 Å². The lowest BCUT2D eigenvalue weighted by molar-refractivity contribution is -0.126. The fraction of sp³-hybridized carbons (Fsp3) is 0.500. The molecule has 7 heteroatoms. The number of nitriles is 1. The van der Waals surface area contributed by atoms with Crippen LogP contribution in [-0.4, -0.2) is 48.6 Å². The number of hydrogen-bond acceptors (Lipinski definition) is 5. The van der Waals surface area contributed by atoms with Crippen LogP contribution in [0.5, 0.6) is 5.75 Å². The number of para-hydroxylation sites is 1. The molecule has 0 aliphatic carbocycles. The molecule has 25 heavy (non-hydrogen) atoms. The first-order chi connectivity index (χ1) is 12.0. The van der Waals surface area contributed by atoms with Gasteiger partial charge in [0.25, 0.3) is 5.91 Å². The summed E-state index contributed by atoms with van der Waals surface area (Å²) in [6.07, 6.45) is 1.87. The average Bonchev–Trinajstić information content (AvgIpc) is 2.89. The monoisotopic (exact) mass is 342 g/mol. The molecule has 1 aromatic rings. The van der Waals surface area contributed by atoms with Crippen LogP contribution in [0.4, 0.5) is 4.79 Å². The maximum Gasteiger partial charge on any atom is 0.322 e. The minimum atomic E-state index is -0.843. The quantitative estimate of drug-likeness (QED) is 0.785. The number of piperidine rings is 1. The maximum atomic E-state index is 12.1. The highest BCUT2D eigenvalue weighted by atomic mass is 16.5. The second-order valence-corrected chi connectivity index (χ2v) is 6.71. The molecule has 0 radical (unpaired) electrons. The van der Waals surface area contributed by atoms with Crippen LogP contribution >= 0.6 is 0 Å². The Morgan fingerprint density at radius 3 is 2.92 bits per heavy atom. The third kappa shape index (κ3) is 3.59. The Hall–Kier alpha value is -2.59. The van der Waals surface area contributed by atoms with Crippen molar-refractivity contribution in [2.24, 2.45) is 5.92 Å². The number of carbonyl (C=O) groups is 2. The van der Waals surface area contributed by atoms with Crippen molar-refractivity contribution in [3.63, 3.8) is 0 Å². The molecule has 0 aromatic heterocycles. The SMILES string of the molecule is CC1(C2CCCN(CCOc3ccccc3C#N)C2)NC(=O)NC1=O. The van der Waals surface area contributed by atoms with Gasteiger partial charge < -0.3 is 10.1 Å². The zero-order valence-corrected chi connectivity index (χ0v) is 14.2. The summed E-state index contributed by atoms with van der Waals surface area (Å²) in [5, 5.41) is 14.2. The Bertz CT molecular complexity index is 715. The molecule has 2 N–H and O–H groups in total. The van der Waals surface area contributed by atoms with E-state index in [1.165, 1.54) is 0 Å². The summed E-state index contributed by atoms with van der Waals surface area (Å²) in [5.41, 5.74) is -0.318. The van der Waals surface area contributed by atoms with Gasteiger partial charge in [0, 0.05) is 19.0 Å². The van der Waals surface area contributed by atoms with E-state index in [2.05, 4.69) is 21.6 Å². The van der Waals surface area contributed by atoms with Crippen LogP contribution in [-0.2, 0) is 4.79 Å². The van der Waals surface area contributed by atoms with E-state index >= 15 is 0 Å². The lowest BCUT2D eigenvalue weighted by Crippen LogP contribution is -2.56. The average molecular weight is 342 g/mol. The highest BCUT2D eigenvalue weighted by Crippen LogP contribution is 2.29.